The Labute approximate surface area is 58.0 Å². The molecule has 1 heterocycles. The van der Waals surface area contributed by atoms with Gasteiger partial charge in [0.15, 0.2) is 0 Å². The Kier molecular flexibility index (Phi) is 2.12. The lowest BCUT2D eigenvalue weighted by molar-refractivity contribution is -0.0381. The maximum Gasteiger partial charge on any atom is 0.0133 e. The van der Waals surface area contributed by atoms with Crippen molar-refractivity contribution in [2.24, 2.45) is 5.92 Å². The van der Waals surface area contributed by atoms with Crippen LogP contribution in [0.5, 0.6) is 0 Å². The third-order valence-electron chi connectivity index (χ3n) is 2.47. The first-order chi connectivity index (χ1) is 4.38. The summed E-state index contributed by atoms with van der Waals surface area (Å²) in [7, 11) is 2.22. The fourth-order valence-corrected chi connectivity index (χ4v) is 1.71. The number of fused-ring (bicyclic) bond motifs is 1. The normalized spacial score (nSPS) is 39.0. The molecule has 2 fully saturated rings. The van der Waals surface area contributed by atoms with Gasteiger partial charge >= 0.3 is 0 Å². The summed E-state index contributed by atoms with van der Waals surface area (Å²) < 4.78 is 0. The highest BCUT2D eigenvalue weighted by Gasteiger charge is 2.42. The predicted molar refractivity (Wildman–Crippen MR) is 40.5 cm³/mol. The van der Waals surface area contributed by atoms with E-state index >= 15 is 0 Å². The van der Waals surface area contributed by atoms with Gasteiger partial charge in [0.1, 0.15) is 0 Å². The van der Waals surface area contributed by atoms with Crippen molar-refractivity contribution in [1.82, 2.24) is 4.90 Å². The first kappa shape index (κ1) is 7.07. The summed E-state index contributed by atoms with van der Waals surface area (Å²) in [5.41, 5.74) is 0. The highest BCUT2D eigenvalue weighted by molar-refractivity contribution is 4.97. The van der Waals surface area contributed by atoms with E-state index in [1.54, 1.807) is 0 Å². The number of hydrogen-bond acceptors (Lipinski definition) is 1. The van der Waals surface area contributed by atoms with Crippen LogP contribution in [-0.2, 0) is 0 Å². The molecule has 0 spiro atoms. The van der Waals surface area contributed by atoms with Crippen LogP contribution in [0.1, 0.15) is 26.7 Å². The maximum absolute atomic E-state index is 2.45. The van der Waals surface area contributed by atoms with Crippen LogP contribution < -0.4 is 0 Å². The number of hydrogen-bond donors (Lipinski definition) is 0. The number of piperidine rings is 1. The second kappa shape index (κ2) is 2.70. The molecule has 0 N–H and O–H groups in total. The van der Waals surface area contributed by atoms with Gasteiger partial charge in [-0.05, 0) is 25.8 Å². The molecule has 0 aromatic heterocycles. The highest BCUT2D eigenvalue weighted by Crippen LogP contribution is 2.39. The van der Waals surface area contributed by atoms with Gasteiger partial charge in [-0.3, -0.25) is 0 Å². The van der Waals surface area contributed by atoms with E-state index in [2.05, 4.69) is 11.9 Å². The molecule has 1 heteroatoms. The lowest BCUT2D eigenvalue weighted by atomic mass is 9.72. The Bertz CT molecular complexity index is 86.6. The lowest BCUT2D eigenvalue weighted by Gasteiger charge is -2.54. The average molecular weight is 127 g/mol. The van der Waals surface area contributed by atoms with Crippen LogP contribution in [0.4, 0.5) is 0 Å². The first-order valence-corrected chi connectivity index (χ1v) is 4.08. The molecule has 1 nitrogen and oxygen atoms in total. The Morgan fingerprint density at radius 2 is 1.89 bits per heavy atom. The van der Waals surface area contributed by atoms with Crippen LogP contribution in [0.3, 0.4) is 0 Å². The third kappa shape index (κ3) is 0.983. The van der Waals surface area contributed by atoms with Gasteiger partial charge in [-0.2, -0.15) is 0 Å². The van der Waals surface area contributed by atoms with E-state index < -0.39 is 0 Å². The zero-order valence-corrected chi connectivity index (χ0v) is 6.72. The van der Waals surface area contributed by atoms with Crippen molar-refractivity contribution < 1.29 is 0 Å². The van der Waals surface area contributed by atoms with Crippen molar-refractivity contribution in [2.45, 2.75) is 32.7 Å². The topological polar surface area (TPSA) is 3.24 Å². The smallest absolute Gasteiger partial charge is 0.0133 e. The Balaban J connectivity index is 0.000000186. The highest BCUT2D eigenvalue weighted by atomic mass is 15.2. The van der Waals surface area contributed by atoms with Crippen molar-refractivity contribution >= 4 is 0 Å². The second-order valence-electron chi connectivity index (χ2n) is 2.84. The summed E-state index contributed by atoms with van der Waals surface area (Å²) in [5, 5.41) is 0. The molecule has 0 aromatic carbocycles. The predicted octanol–water partition coefficient (Wildman–Crippen LogP) is 1.74. The summed E-state index contributed by atoms with van der Waals surface area (Å²) in [6.07, 6.45) is 2.98. The summed E-state index contributed by atoms with van der Waals surface area (Å²) in [6, 6.07) is 1.01. The average Bonchev–Trinajstić information content (AvgIpc) is 1.87. The molecule has 9 heavy (non-hydrogen) atoms. The van der Waals surface area contributed by atoms with E-state index in [1.807, 2.05) is 13.8 Å². The zero-order chi connectivity index (χ0) is 6.85. The van der Waals surface area contributed by atoms with E-state index in [-0.39, 0.29) is 0 Å². The molecule has 0 radical (unpaired) electrons. The van der Waals surface area contributed by atoms with Crippen molar-refractivity contribution in [1.29, 1.82) is 0 Å². The zero-order valence-electron chi connectivity index (χ0n) is 6.72. The molecular formula is C8H17N. The van der Waals surface area contributed by atoms with Crippen molar-refractivity contribution in [3.05, 3.63) is 0 Å². The molecule has 1 unspecified atom stereocenters. The van der Waals surface area contributed by atoms with Crippen LogP contribution in [0.15, 0.2) is 0 Å². The van der Waals surface area contributed by atoms with Gasteiger partial charge in [0.25, 0.3) is 0 Å². The van der Waals surface area contributed by atoms with Crippen LogP contribution in [0.25, 0.3) is 0 Å². The Morgan fingerprint density at radius 3 is 1.89 bits per heavy atom. The van der Waals surface area contributed by atoms with E-state index in [9.17, 15) is 0 Å². The van der Waals surface area contributed by atoms with Crippen LogP contribution in [-0.4, -0.2) is 24.5 Å². The quantitative estimate of drug-likeness (QED) is 0.479. The van der Waals surface area contributed by atoms with Crippen molar-refractivity contribution in [3.63, 3.8) is 0 Å². The lowest BCUT2D eigenvalue weighted by Crippen LogP contribution is -2.59. The van der Waals surface area contributed by atoms with E-state index in [0.717, 1.165) is 12.0 Å². The van der Waals surface area contributed by atoms with Gasteiger partial charge in [-0.1, -0.05) is 13.8 Å². The Hall–Kier alpha value is -0.0400. The minimum atomic E-state index is 1.01. The van der Waals surface area contributed by atoms with E-state index in [0.29, 0.717) is 0 Å². The van der Waals surface area contributed by atoms with Crippen LogP contribution in [0, 0.1) is 5.92 Å². The van der Waals surface area contributed by atoms with Gasteiger partial charge in [0, 0.05) is 12.6 Å². The molecule has 0 bridgehead atoms. The van der Waals surface area contributed by atoms with E-state index in [1.165, 1.54) is 19.4 Å². The number of rotatable bonds is 0. The second-order valence-corrected chi connectivity index (χ2v) is 2.84. The van der Waals surface area contributed by atoms with Crippen molar-refractivity contribution in [2.75, 3.05) is 13.6 Å². The van der Waals surface area contributed by atoms with E-state index in [4.69, 9.17) is 0 Å². The first-order valence-electron chi connectivity index (χ1n) is 4.08. The molecule has 54 valence electrons. The van der Waals surface area contributed by atoms with Crippen LogP contribution in [0.2, 0.25) is 0 Å². The summed E-state index contributed by atoms with van der Waals surface area (Å²) in [6.45, 7) is 5.38. The molecular weight excluding hydrogens is 110 g/mol. The van der Waals surface area contributed by atoms with Crippen LogP contribution >= 0.6 is 0 Å². The maximum atomic E-state index is 2.45. The monoisotopic (exact) mass is 127 g/mol. The third-order valence-corrected chi connectivity index (χ3v) is 2.47. The largest absolute Gasteiger partial charge is 0.303 e. The van der Waals surface area contributed by atoms with Gasteiger partial charge in [-0.25, -0.2) is 0 Å². The molecule has 2 rings (SSSR count). The van der Waals surface area contributed by atoms with Gasteiger partial charge in [-0.15, -0.1) is 0 Å². The molecule has 0 aromatic rings. The molecule has 1 saturated carbocycles. The molecule has 2 atom stereocenters. The number of likely N-dealkylation sites (tertiary alicyclic amines) is 1. The van der Waals surface area contributed by atoms with Gasteiger partial charge in [0.05, 0.1) is 0 Å². The fourth-order valence-electron chi connectivity index (χ4n) is 1.71. The minimum absolute atomic E-state index is 1.01. The van der Waals surface area contributed by atoms with Gasteiger partial charge < -0.3 is 4.90 Å². The number of nitrogens with zero attached hydrogens (tertiary/aromatic N) is 1. The molecule has 1 saturated heterocycles. The van der Waals surface area contributed by atoms with Crippen molar-refractivity contribution in [3.8, 4) is 0 Å². The summed E-state index contributed by atoms with van der Waals surface area (Å²) in [5.74, 6) is 1.12. The summed E-state index contributed by atoms with van der Waals surface area (Å²) >= 11 is 0. The molecule has 0 amide bonds. The fraction of sp³-hybridized carbons (Fsp3) is 1.00. The molecule has 1 aliphatic heterocycles. The molecule has 2 aliphatic rings. The SMILES string of the molecule is CC.CN1C[C@@H]2CCC21. The standard InChI is InChI=1S/C6H11N.C2H6/c1-7-4-5-2-3-6(5)7;1-2/h5-6H,2-4H2,1H3;1-2H3/t5-,6?;/m0./s1. The molecule has 1 aliphatic carbocycles. The minimum Gasteiger partial charge on any atom is -0.303 e. The van der Waals surface area contributed by atoms with Gasteiger partial charge in [0.2, 0.25) is 0 Å². The Morgan fingerprint density at radius 1 is 1.22 bits per heavy atom. The summed E-state index contributed by atoms with van der Waals surface area (Å²) in [4.78, 5) is 2.45.